The minimum Gasteiger partial charge on any atom is -0.497 e. The highest BCUT2D eigenvalue weighted by molar-refractivity contribution is 6.30. The van der Waals surface area contributed by atoms with Gasteiger partial charge in [0.25, 0.3) is 11.8 Å². The third-order valence-corrected chi connectivity index (χ3v) is 4.74. The molecular weight excluding hydrogens is 458 g/mol. The van der Waals surface area contributed by atoms with E-state index in [2.05, 4.69) is 15.8 Å². The van der Waals surface area contributed by atoms with Gasteiger partial charge in [-0.05, 0) is 79.2 Å². The van der Waals surface area contributed by atoms with Crippen LogP contribution in [0.25, 0.3) is 0 Å². The zero-order valence-corrected chi connectivity index (χ0v) is 19.5. The molecule has 2 N–H and O–H groups in total. The molecule has 0 heterocycles. The molecule has 0 atom stereocenters. The Morgan fingerprint density at radius 1 is 0.971 bits per heavy atom. The first-order chi connectivity index (χ1) is 16.5. The number of anilines is 1. The Morgan fingerprint density at radius 3 is 2.38 bits per heavy atom. The van der Waals surface area contributed by atoms with Crippen molar-refractivity contribution in [2.45, 2.75) is 6.92 Å². The molecule has 2 amide bonds. The topological polar surface area (TPSA) is 98.3 Å². The second kappa shape index (κ2) is 12.3. The molecule has 0 aromatic heterocycles. The number of nitrogens with zero attached hydrogens (tertiary/aromatic N) is 1. The Hall–Kier alpha value is -4.04. The minimum absolute atomic E-state index is 0.198. The molecule has 3 rings (SSSR count). The second-order valence-corrected chi connectivity index (χ2v) is 7.35. The summed E-state index contributed by atoms with van der Waals surface area (Å²) in [6.45, 7) is 2.05. The van der Waals surface area contributed by atoms with E-state index in [1.165, 1.54) is 6.21 Å². The summed E-state index contributed by atoms with van der Waals surface area (Å²) in [6.07, 6.45) is 1.48. The number of nitrogens with one attached hydrogen (secondary N) is 2. The number of carbonyl (C=O) groups is 2. The van der Waals surface area contributed by atoms with Crippen LogP contribution in [0.15, 0.2) is 71.8 Å². The lowest BCUT2D eigenvalue weighted by molar-refractivity contribution is -0.118. The van der Waals surface area contributed by atoms with Crippen molar-refractivity contribution in [1.82, 2.24) is 5.43 Å². The zero-order valence-electron chi connectivity index (χ0n) is 18.7. The van der Waals surface area contributed by atoms with E-state index in [-0.39, 0.29) is 18.4 Å². The van der Waals surface area contributed by atoms with Gasteiger partial charge in [-0.1, -0.05) is 11.6 Å². The van der Waals surface area contributed by atoms with E-state index < -0.39 is 0 Å². The third-order valence-electron chi connectivity index (χ3n) is 4.49. The van der Waals surface area contributed by atoms with Gasteiger partial charge in [-0.15, -0.1) is 0 Å². The Balaban J connectivity index is 1.58. The Bertz CT molecular complexity index is 1150. The molecule has 0 bridgehead atoms. The van der Waals surface area contributed by atoms with Crippen molar-refractivity contribution < 1.29 is 23.8 Å². The van der Waals surface area contributed by atoms with Crippen molar-refractivity contribution in [1.29, 1.82) is 0 Å². The van der Waals surface area contributed by atoms with Gasteiger partial charge in [0.05, 0.1) is 19.9 Å². The van der Waals surface area contributed by atoms with Crippen LogP contribution in [-0.4, -0.2) is 38.4 Å². The fourth-order valence-corrected chi connectivity index (χ4v) is 2.96. The number of halogens is 1. The van der Waals surface area contributed by atoms with Crippen molar-refractivity contribution in [3.8, 4) is 17.2 Å². The van der Waals surface area contributed by atoms with Crippen LogP contribution >= 0.6 is 11.6 Å². The quantitative estimate of drug-likeness (QED) is 0.327. The van der Waals surface area contributed by atoms with Crippen molar-refractivity contribution in [2.24, 2.45) is 5.10 Å². The van der Waals surface area contributed by atoms with E-state index in [0.29, 0.717) is 45.7 Å². The lowest BCUT2D eigenvalue weighted by atomic mass is 10.2. The van der Waals surface area contributed by atoms with Crippen LogP contribution < -0.4 is 25.0 Å². The van der Waals surface area contributed by atoms with Gasteiger partial charge in [0.2, 0.25) is 0 Å². The van der Waals surface area contributed by atoms with E-state index in [0.717, 1.165) is 0 Å². The predicted octanol–water partition coefficient (Wildman–Crippen LogP) is 4.53. The first-order valence-electron chi connectivity index (χ1n) is 10.4. The zero-order chi connectivity index (χ0) is 24.3. The van der Waals surface area contributed by atoms with Crippen LogP contribution in [0.2, 0.25) is 5.02 Å². The first-order valence-corrected chi connectivity index (χ1v) is 10.8. The molecule has 0 unspecified atom stereocenters. The molecule has 176 valence electrons. The van der Waals surface area contributed by atoms with Gasteiger partial charge in [0, 0.05) is 16.3 Å². The molecule has 0 radical (unpaired) electrons. The molecule has 3 aromatic rings. The van der Waals surface area contributed by atoms with Gasteiger partial charge in [0.15, 0.2) is 18.1 Å². The lowest BCUT2D eigenvalue weighted by Gasteiger charge is -2.13. The predicted molar refractivity (Wildman–Crippen MR) is 131 cm³/mol. The molecule has 0 saturated heterocycles. The van der Waals surface area contributed by atoms with Crippen LogP contribution in [0.1, 0.15) is 22.8 Å². The Labute approximate surface area is 202 Å². The van der Waals surface area contributed by atoms with Crippen molar-refractivity contribution in [3.05, 3.63) is 82.9 Å². The maximum Gasteiger partial charge on any atom is 0.271 e. The fourth-order valence-electron chi connectivity index (χ4n) is 2.84. The molecule has 0 spiro atoms. The highest BCUT2D eigenvalue weighted by Crippen LogP contribution is 2.28. The lowest BCUT2D eigenvalue weighted by Crippen LogP contribution is -2.20. The summed E-state index contributed by atoms with van der Waals surface area (Å²) in [4.78, 5) is 24.4. The highest BCUT2D eigenvalue weighted by atomic mass is 35.5. The Kier molecular flexibility index (Phi) is 8.88. The fraction of sp³-hybridized carbons (Fsp3) is 0.160. The second-order valence-electron chi connectivity index (χ2n) is 6.91. The van der Waals surface area contributed by atoms with Gasteiger partial charge in [0.1, 0.15) is 5.75 Å². The van der Waals surface area contributed by atoms with E-state index in [4.69, 9.17) is 25.8 Å². The van der Waals surface area contributed by atoms with Crippen LogP contribution in [0.3, 0.4) is 0 Å². The highest BCUT2D eigenvalue weighted by Gasteiger charge is 2.10. The molecule has 0 aliphatic rings. The standard InChI is InChI=1S/C25H24ClN3O5/c1-3-33-23-14-17(15-27-29-25(31)18-5-7-19(26)8-6-18)4-13-22(23)34-16-24(30)28-20-9-11-21(32-2)12-10-20/h4-15H,3,16H2,1-2H3,(H,28,30)(H,29,31)/b27-15+. The number of hydrogen-bond donors (Lipinski definition) is 2. The smallest absolute Gasteiger partial charge is 0.271 e. The van der Waals surface area contributed by atoms with Gasteiger partial charge >= 0.3 is 0 Å². The molecular formula is C25H24ClN3O5. The van der Waals surface area contributed by atoms with Crippen molar-refractivity contribution in [3.63, 3.8) is 0 Å². The average Bonchev–Trinajstić information content (AvgIpc) is 2.84. The number of hydrazone groups is 1. The Morgan fingerprint density at radius 2 is 1.71 bits per heavy atom. The van der Waals surface area contributed by atoms with Crippen LogP contribution in [0, 0.1) is 0 Å². The van der Waals surface area contributed by atoms with E-state index in [1.54, 1.807) is 73.8 Å². The maximum absolute atomic E-state index is 12.2. The van der Waals surface area contributed by atoms with E-state index in [1.807, 2.05) is 6.92 Å². The summed E-state index contributed by atoms with van der Waals surface area (Å²) in [5.41, 5.74) is 4.20. The van der Waals surface area contributed by atoms with E-state index >= 15 is 0 Å². The molecule has 9 heteroatoms. The first kappa shape index (κ1) is 24.6. The summed E-state index contributed by atoms with van der Waals surface area (Å²) in [7, 11) is 1.58. The average molecular weight is 482 g/mol. The monoisotopic (exact) mass is 481 g/mol. The molecule has 8 nitrogen and oxygen atoms in total. The molecule has 0 fully saturated rings. The SMILES string of the molecule is CCOc1cc(/C=N/NC(=O)c2ccc(Cl)cc2)ccc1OCC(=O)Nc1ccc(OC)cc1. The van der Waals surface area contributed by atoms with Gasteiger partial charge in [-0.2, -0.15) is 5.10 Å². The number of benzene rings is 3. The van der Waals surface area contributed by atoms with Gasteiger partial charge in [-0.3, -0.25) is 9.59 Å². The summed E-state index contributed by atoms with van der Waals surface area (Å²) in [5, 5.41) is 7.28. The van der Waals surface area contributed by atoms with Crippen molar-refractivity contribution in [2.75, 3.05) is 25.6 Å². The third kappa shape index (κ3) is 7.25. The van der Waals surface area contributed by atoms with Crippen LogP contribution in [0.5, 0.6) is 17.2 Å². The molecule has 3 aromatic carbocycles. The van der Waals surface area contributed by atoms with Crippen molar-refractivity contribution >= 4 is 35.3 Å². The number of rotatable bonds is 10. The molecule has 0 aliphatic carbocycles. The number of hydrogen-bond acceptors (Lipinski definition) is 6. The summed E-state index contributed by atoms with van der Waals surface area (Å²) in [6, 6.07) is 18.6. The summed E-state index contributed by atoms with van der Waals surface area (Å²) < 4.78 is 16.4. The number of amides is 2. The van der Waals surface area contributed by atoms with Gasteiger partial charge in [-0.25, -0.2) is 5.43 Å². The number of methoxy groups -OCH3 is 1. The minimum atomic E-state index is -0.360. The molecule has 0 aliphatic heterocycles. The summed E-state index contributed by atoms with van der Waals surface area (Å²) >= 11 is 5.83. The van der Waals surface area contributed by atoms with Crippen LogP contribution in [-0.2, 0) is 4.79 Å². The number of carbonyl (C=O) groups excluding carboxylic acids is 2. The molecule has 34 heavy (non-hydrogen) atoms. The largest absolute Gasteiger partial charge is 0.497 e. The molecule has 0 saturated carbocycles. The van der Waals surface area contributed by atoms with Gasteiger partial charge < -0.3 is 19.5 Å². The number of ether oxygens (including phenoxy) is 3. The normalized spacial score (nSPS) is 10.6. The summed E-state index contributed by atoms with van der Waals surface area (Å²) in [5.74, 6) is 0.884. The van der Waals surface area contributed by atoms with E-state index in [9.17, 15) is 9.59 Å². The maximum atomic E-state index is 12.2. The van der Waals surface area contributed by atoms with Crippen LogP contribution in [0.4, 0.5) is 5.69 Å².